The number of carbonyl (C=O) groups excluding carboxylic acids is 3. The van der Waals surface area contributed by atoms with Gasteiger partial charge in [-0.3, -0.25) is 14.5 Å². The third-order valence-electron chi connectivity index (χ3n) is 8.35. The number of nitrogens with one attached hydrogen (secondary N) is 2. The zero-order chi connectivity index (χ0) is 28.7. The summed E-state index contributed by atoms with van der Waals surface area (Å²) < 4.78 is 0. The molecule has 7 heteroatoms. The highest BCUT2D eigenvalue weighted by Gasteiger charge is 2.53. The lowest BCUT2D eigenvalue weighted by Crippen LogP contribution is -2.44. The zero-order valence-corrected chi connectivity index (χ0v) is 23.8. The van der Waals surface area contributed by atoms with E-state index in [0.29, 0.717) is 23.6 Å². The van der Waals surface area contributed by atoms with Crippen LogP contribution in [-0.4, -0.2) is 39.8 Å². The first-order valence-electron chi connectivity index (χ1n) is 14.6. The van der Waals surface area contributed by atoms with Gasteiger partial charge in [-0.05, 0) is 48.6 Å². The first kappa shape index (κ1) is 26.8. The number of anilines is 1. The molecule has 210 valence electrons. The van der Waals surface area contributed by atoms with Crippen molar-refractivity contribution in [3.8, 4) is 0 Å². The molecule has 2 N–H and O–H groups in total. The van der Waals surface area contributed by atoms with E-state index in [1.807, 2.05) is 55.5 Å². The van der Waals surface area contributed by atoms with Crippen LogP contribution in [0.4, 0.5) is 10.5 Å². The number of aromatic amines is 1. The molecule has 4 aromatic rings. The summed E-state index contributed by atoms with van der Waals surface area (Å²) in [6.07, 6.45) is 3.40. The maximum Gasteiger partial charge on any atom is 0.332 e. The molecule has 4 amide bonds. The van der Waals surface area contributed by atoms with Crippen molar-refractivity contribution < 1.29 is 14.4 Å². The summed E-state index contributed by atoms with van der Waals surface area (Å²) in [7, 11) is 0. The minimum absolute atomic E-state index is 0.0219. The van der Waals surface area contributed by atoms with Crippen LogP contribution in [0.5, 0.6) is 0 Å². The molecule has 0 bridgehead atoms. The number of carbonyl (C=O) groups is 3. The number of amides is 4. The average Bonchev–Trinajstić information content (AvgIpc) is 3.46. The summed E-state index contributed by atoms with van der Waals surface area (Å²) in [4.78, 5) is 48.3. The van der Waals surface area contributed by atoms with Crippen molar-refractivity contribution in [3.63, 3.8) is 0 Å². The molecule has 0 saturated carbocycles. The van der Waals surface area contributed by atoms with Crippen LogP contribution in [0.15, 0.2) is 78.9 Å². The molecule has 41 heavy (non-hydrogen) atoms. The third kappa shape index (κ3) is 4.79. The molecule has 2 aliphatic heterocycles. The Labute approximate surface area is 240 Å². The Morgan fingerprint density at radius 1 is 0.927 bits per heavy atom. The van der Waals surface area contributed by atoms with Crippen LogP contribution >= 0.6 is 0 Å². The number of nitrogens with zero attached hydrogens (tertiary/aromatic N) is 2. The van der Waals surface area contributed by atoms with Crippen LogP contribution in [0.1, 0.15) is 73.3 Å². The van der Waals surface area contributed by atoms with Gasteiger partial charge in [0.05, 0.1) is 11.3 Å². The Bertz CT molecular complexity index is 1610. The molecule has 3 heterocycles. The lowest BCUT2D eigenvalue weighted by Gasteiger charge is -2.36. The highest BCUT2D eigenvalue weighted by atomic mass is 16.2. The van der Waals surface area contributed by atoms with Gasteiger partial charge in [-0.15, -0.1) is 0 Å². The minimum Gasteiger partial charge on any atom is -0.356 e. The summed E-state index contributed by atoms with van der Waals surface area (Å²) in [5.74, 6) is 0.0274. The first-order valence-corrected chi connectivity index (χ1v) is 14.6. The fraction of sp³-hybridized carbons (Fsp3) is 0.324. The van der Waals surface area contributed by atoms with Gasteiger partial charge >= 0.3 is 6.03 Å². The van der Waals surface area contributed by atoms with Crippen LogP contribution in [0, 0.1) is 5.92 Å². The Hall–Kier alpha value is -4.39. The number of hydrogen-bond acceptors (Lipinski definition) is 3. The molecule has 1 fully saturated rings. The van der Waals surface area contributed by atoms with E-state index >= 15 is 0 Å². The number of urea groups is 1. The van der Waals surface area contributed by atoms with Crippen molar-refractivity contribution in [2.24, 2.45) is 5.92 Å². The Kier molecular flexibility index (Phi) is 7.12. The Morgan fingerprint density at radius 2 is 1.63 bits per heavy atom. The summed E-state index contributed by atoms with van der Waals surface area (Å²) in [5.41, 5.74) is 4.54. The van der Waals surface area contributed by atoms with E-state index in [9.17, 15) is 14.4 Å². The van der Waals surface area contributed by atoms with Gasteiger partial charge in [0.15, 0.2) is 0 Å². The van der Waals surface area contributed by atoms with Crippen LogP contribution in [0.3, 0.4) is 0 Å². The van der Waals surface area contributed by atoms with Crippen LogP contribution in [0.2, 0.25) is 0 Å². The predicted molar refractivity (Wildman–Crippen MR) is 161 cm³/mol. The zero-order valence-electron chi connectivity index (χ0n) is 23.8. The monoisotopic (exact) mass is 548 g/mol. The topological polar surface area (TPSA) is 85.5 Å². The molecule has 0 unspecified atom stereocenters. The second-order valence-electron chi connectivity index (χ2n) is 11.7. The molecular weight excluding hydrogens is 512 g/mol. The number of fused-ring (bicyclic) bond motifs is 4. The lowest BCUT2D eigenvalue weighted by molar-refractivity contribution is -0.120. The average molecular weight is 549 g/mol. The number of para-hydroxylation sites is 2. The highest BCUT2D eigenvalue weighted by Crippen LogP contribution is 2.45. The van der Waals surface area contributed by atoms with Crippen LogP contribution in [0.25, 0.3) is 10.9 Å². The molecule has 0 radical (unpaired) electrons. The Balaban J connectivity index is 1.35. The minimum atomic E-state index is -0.675. The van der Waals surface area contributed by atoms with Crippen LogP contribution in [-0.2, 0) is 11.2 Å². The van der Waals surface area contributed by atoms with Crippen molar-refractivity contribution >= 4 is 34.4 Å². The number of aromatic nitrogens is 1. The normalized spacial score (nSPS) is 19.0. The van der Waals surface area contributed by atoms with Gasteiger partial charge < -0.3 is 10.3 Å². The quantitative estimate of drug-likeness (QED) is 0.244. The van der Waals surface area contributed by atoms with Gasteiger partial charge in [-0.25, -0.2) is 9.69 Å². The van der Waals surface area contributed by atoms with Crippen molar-refractivity contribution in [2.45, 2.75) is 64.6 Å². The van der Waals surface area contributed by atoms with Crippen LogP contribution < -0.4 is 10.2 Å². The second-order valence-corrected chi connectivity index (χ2v) is 11.7. The summed E-state index contributed by atoms with van der Waals surface area (Å²) in [6.45, 7) is 6.38. The van der Waals surface area contributed by atoms with E-state index in [-0.39, 0.29) is 17.9 Å². The third-order valence-corrected chi connectivity index (χ3v) is 8.35. The fourth-order valence-corrected chi connectivity index (χ4v) is 6.34. The van der Waals surface area contributed by atoms with Crippen molar-refractivity contribution in [2.75, 3.05) is 4.90 Å². The van der Waals surface area contributed by atoms with E-state index in [2.05, 4.69) is 30.2 Å². The number of rotatable bonds is 8. The van der Waals surface area contributed by atoms with Crippen molar-refractivity contribution in [1.29, 1.82) is 0 Å². The lowest BCUT2D eigenvalue weighted by atomic mass is 9.89. The standard InChI is InChI=1S/C34H36N4O3/c1-21(2)12-11-13-22(3)35-32(39)25-17-8-10-19-28(25)38-33(40)29-20-26-24-16-7-9-18-27(24)36-30(26)31(37(29)34(38)41)23-14-5-4-6-15-23/h4-10,14-19,21-22,29,31,36H,11-13,20H2,1-3H3,(H,35,39)/t22-,29+,31-/m1/s1. The van der Waals surface area contributed by atoms with Gasteiger partial charge in [0, 0.05) is 29.1 Å². The molecule has 3 aromatic carbocycles. The number of H-pyrrole nitrogens is 1. The molecule has 1 aromatic heterocycles. The van der Waals surface area contributed by atoms with E-state index in [4.69, 9.17) is 0 Å². The van der Waals surface area contributed by atoms with Crippen molar-refractivity contribution in [1.82, 2.24) is 15.2 Å². The van der Waals surface area contributed by atoms with E-state index in [1.54, 1.807) is 29.2 Å². The number of benzene rings is 3. The van der Waals surface area contributed by atoms with E-state index < -0.39 is 18.1 Å². The van der Waals surface area contributed by atoms with Gasteiger partial charge in [0.1, 0.15) is 12.1 Å². The molecule has 0 spiro atoms. The van der Waals surface area contributed by atoms with Gasteiger partial charge in [0.25, 0.3) is 11.8 Å². The summed E-state index contributed by atoms with van der Waals surface area (Å²) in [6, 6.07) is 23.2. The fourth-order valence-electron chi connectivity index (χ4n) is 6.34. The summed E-state index contributed by atoms with van der Waals surface area (Å²) >= 11 is 0. The first-order chi connectivity index (χ1) is 19.8. The number of imide groups is 1. The van der Waals surface area contributed by atoms with Crippen molar-refractivity contribution in [3.05, 3.63) is 101 Å². The molecule has 2 aliphatic rings. The molecule has 0 aliphatic carbocycles. The predicted octanol–water partition coefficient (Wildman–Crippen LogP) is 6.60. The van der Waals surface area contributed by atoms with E-state index in [0.717, 1.165) is 47.0 Å². The second kappa shape index (κ2) is 10.9. The number of hydrogen-bond donors (Lipinski definition) is 2. The molecule has 1 saturated heterocycles. The molecule has 3 atom stereocenters. The molecule has 6 rings (SSSR count). The van der Waals surface area contributed by atoms with Gasteiger partial charge in [0.2, 0.25) is 0 Å². The smallest absolute Gasteiger partial charge is 0.332 e. The summed E-state index contributed by atoms with van der Waals surface area (Å²) in [5, 5.41) is 4.15. The SMILES string of the molecule is CC(C)CCC[C@@H](C)NC(=O)c1ccccc1N1C(=O)[C@@H]2Cc3c([nH]c4ccccc34)[C@@H](c3ccccc3)N2C1=O. The maximum atomic E-state index is 14.2. The largest absolute Gasteiger partial charge is 0.356 e. The van der Waals surface area contributed by atoms with Gasteiger partial charge in [-0.1, -0.05) is 87.4 Å². The molecule has 7 nitrogen and oxygen atoms in total. The van der Waals surface area contributed by atoms with Gasteiger partial charge in [-0.2, -0.15) is 0 Å². The maximum absolute atomic E-state index is 14.2. The van der Waals surface area contributed by atoms with E-state index in [1.165, 1.54) is 4.90 Å². The molecular formula is C34H36N4O3. The Morgan fingerprint density at radius 3 is 2.41 bits per heavy atom. The highest BCUT2D eigenvalue weighted by molar-refractivity contribution is 6.24.